The summed E-state index contributed by atoms with van der Waals surface area (Å²) in [6, 6.07) is 10.1. The number of hydrogen-bond donors (Lipinski definition) is 3. The highest BCUT2D eigenvalue weighted by molar-refractivity contribution is 6.33. The molecule has 3 N–H and O–H groups in total. The fraction of sp³-hybridized carbons (Fsp3) is 0.217. The normalized spacial score (nSPS) is 14.2. The average molecular weight is 466 g/mol. The van der Waals surface area contributed by atoms with E-state index in [0.717, 1.165) is 12.8 Å². The molecule has 1 fully saturated rings. The van der Waals surface area contributed by atoms with Crippen molar-refractivity contribution in [2.45, 2.75) is 12.8 Å². The third kappa shape index (κ3) is 4.20. The van der Waals surface area contributed by atoms with Crippen LogP contribution in [-0.2, 0) is 9.53 Å². The molecule has 1 aliphatic rings. The molecular formula is C23H20ClN5O4. The van der Waals surface area contributed by atoms with Gasteiger partial charge in [-0.05, 0) is 49.2 Å². The quantitative estimate of drug-likeness (QED) is 0.369. The van der Waals surface area contributed by atoms with Gasteiger partial charge in [0.25, 0.3) is 5.91 Å². The summed E-state index contributed by atoms with van der Waals surface area (Å²) in [5.74, 6) is 0.237. The van der Waals surface area contributed by atoms with E-state index in [2.05, 4.69) is 25.6 Å². The standard InChI is InChI=1S/C23H20ClN5O4/c1-32-12-23(6-7-23)22(31)27-14-10-17-20(25-11-14)29-19(28-17)15-9-13(4-5-16(15)24)26-21(30)18-3-2-8-33-18/h2-5,8-11H,6-7,12H2,1H3,(H,26,30)(H,27,31)(H,25,28,29). The largest absolute Gasteiger partial charge is 0.459 e. The summed E-state index contributed by atoms with van der Waals surface area (Å²) >= 11 is 6.40. The molecule has 0 atom stereocenters. The molecule has 1 aliphatic carbocycles. The summed E-state index contributed by atoms with van der Waals surface area (Å²) in [7, 11) is 1.59. The lowest BCUT2D eigenvalue weighted by Gasteiger charge is -2.13. The number of carbonyl (C=O) groups is 2. The number of hydrogen-bond acceptors (Lipinski definition) is 6. The van der Waals surface area contributed by atoms with Crippen LogP contribution in [-0.4, -0.2) is 40.5 Å². The van der Waals surface area contributed by atoms with E-state index in [-0.39, 0.29) is 17.6 Å². The number of ether oxygens (including phenoxy) is 1. The summed E-state index contributed by atoms with van der Waals surface area (Å²) in [4.78, 5) is 36.9. The second-order valence-electron chi connectivity index (χ2n) is 7.97. The maximum atomic E-state index is 12.6. The van der Waals surface area contributed by atoms with Crippen LogP contribution in [0.3, 0.4) is 0 Å². The fourth-order valence-electron chi connectivity index (χ4n) is 3.61. The Morgan fingerprint density at radius 2 is 2.06 bits per heavy atom. The second kappa shape index (κ2) is 8.34. The minimum Gasteiger partial charge on any atom is -0.459 e. The van der Waals surface area contributed by atoms with Crippen LogP contribution in [0.5, 0.6) is 0 Å². The van der Waals surface area contributed by atoms with Crippen LogP contribution < -0.4 is 10.6 Å². The Morgan fingerprint density at radius 1 is 1.21 bits per heavy atom. The first kappa shape index (κ1) is 21.2. The van der Waals surface area contributed by atoms with Crippen molar-refractivity contribution in [3.63, 3.8) is 0 Å². The van der Waals surface area contributed by atoms with E-state index >= 15 is 0 Å². The summed E-state index contributed by atoms with van der Waals surface area (Å²) in [5, 5.41) is 6.14. The van der Waals surface area contributed by atoms with Gasteiger partial charge in [-0.25, -0.2) is 9.97 Å². The fourth-order valence-corrected chi connectivity index (χ4v) is 3.82. The summed E-state index contributed by atoms with van der Waals surface area (Å²) < 4.78 is 10.3. The lowest BCUT2D eigenvalue weighted by atomic mass is 10.1. The number of benzene rings is 1. The number of carbonyl (C=O) groups excluding carboxylic acids is 2. The Labute approximate surface area is 193 Å². The van der Waals surface area contributed by atoms with E-state index in [1.807, 2.05) is 0 Å². The Bertz CT molecular complexity index is 1340. The van der Waals surface area contributed by atoms with Gasteiger partial charge in [0.05, 0.1) is 40.7 Å². The van der Waals surface area contributed by atoms with Gasteiger partial charge in [-0.3, -0.25) is 9.59 Å². The molecule has 1 saturated carbocycles. The molecule has 9 nitrogen and oxygen atoms in total. The molecule has 0 saturated heterocycles. The zero-order valence-electron chi connectivity index (χ0n) is 17.6. The number of halogens is 1. The zero-order chi connectivity index (χ0) is 23.0. The van der Waals surface area contributed by atoms with Gasteiger partial charge in [0.15, 0.2) is 11.4 Å². The van der Waals surface area contributed by atoms with Crippen LogP contribution in [0.25, 0.3) is 22.6 Å². The molecule has 2 amide bonds. The van der Waals surface area contributed by atoms with Crippen LogP contribution in [0.1, 0.15) is 23.4 Å². The highest BCUT2D eigenvalue weighted by atomic mass is 35.5. The number of H-pyrrole nitrogens is 1. The van der Waals surface area contributed by atoms with Crippen LogP contribution in [0.4, 0.5) is 11.4 Å². The SMILES string of the molecule is COCC1(C(=O)Nc2cnc3nc(-c4cc(NC(=O)c5ccco5)ccc4Cl)[nH]c3c2)CC1. The number of fused-ring (bicyclic) bond motifs is 1. The van der Waals surface area contributed by atoms with Crippen LogP contribution >= 0.6 is 11.6 Å². The zero-order valence-corrected chi connectivity index (χ0v) is 18.4. The first-order valence-corrected chi connectivity index (χ1v) is 10.7. The van der Waals surface area contributed by atoms with E-state index < -0.39 is 5.41 Å². The van der Waals surface area contributed by atoms with Gasteiger partial charge in [0, 0.05) is 18.4 Å². The number of nitrogens with one attached hydrogen (secondary N) is 3. The van der Waals surface area contributed by atoms with Crippen LogP contribution in [0.15, 0.2) is 53.3 Å². The van der Waals surface area contributed by atoms with Crippen molar-refractivity contribution in [3.8, 4) is 11.4 Å². The van der Waals surface area contributed by atoms with Gasteiger partial charge in [-0.2, -0.15) is 0 Å². The smallest absolute Gasteiger partial charge is 0.291 e. The molecule has 0 bridgehead atoms. The number of rotatable bonds is 7. The molecule has 0 spiro atoms. The van der Waals surface area contributed by atoms with E-state index in [4.69, 9.17) is 20.8 Å². The monoisotopic (exact) mass is 465 g/mol. The number of aromatic amines is 1. The predicted molar refractivity (Wildman–Crippen MR) is 123 cm³/mol. The molecule has 0 radical (unpaired) electrons. The highest BCUT2D eigenvalue weighted by Crippen LogP contribution is 2.46. The number of aromatic nitrogens is 3. The maximum Gasteiger partial charge on any atom is 0.291 e. The molecule has 4 aromatic rings. The minimum atomic E-state index is -0.448. The summed E-state index contributed by atoms with van der Waals surface area (Å²) in [6.07, 6.45) is 4.61. The molecule has 0 aliphatic heterocycles. The van der Waals surface area contributed by atoms with Crippen molar-refractivity contribution in [1.82, 2.24) is 15.0 Å². The van der Waals surface area contributed by atoms with Crippen LogP contribution in [0, 0.1) is 5.41 Å². The molecular weight excluding hydrogens is 446 g/mol. The lowest BCUT2D eigenvalue weighted by molar-refractivity contribution is -0.122. The van der Waals surface area contributed by atoms with E-state index in [0.29, 0.717) is 45.6 Å². The van der Waals surface area contributed by atoms with Gasteiger partial charge in [0.1, 0.15) is 5.82 Å². The van der Waals surface area contributed by atoms with Crippen molar-refractivity contribution < 1.29 is 18.7 Å². The summed E-state index contributed by atoms with van der Waals surface area (Å²) in [5.41, 5.74) is 2.36. The summed E-state index contributed by atoms with van der Waals surface area (Å²) in [6.45, 7) is 0.397. The van der Waals surface area contributed by atoms with Crippen molar-refractivity contribution in [3.05, 3.63) is 59.6 Å². The topological polar surface area (TPSA) is 122 Å². The Kier molecular flexibility index (Phi) is 5.35. The lowest BCUT2D eigenvalue weighted by Crippen LogP contribution is -2.28. The first-order chi connectivity index (χ1) is 16.0. The van der Waals surface area contributed by atoms with Crippen molar-refractivity contribution in [2.75, 3.05) is 24.4 Å². The minimum absolute atomic E-state index is 0.0757. The molecule has 33 heavy (non-hydrogen) atoms. The van der Waals surface area contributed by atoms with E-state index in [9.17, 15) is 9.59 Å². The molecule has 10 heteroatoms. The van der Waals surface area contributed by atoms with Gasteiger partial charge in [-0.1, -0.05) is 11.6 Å². The van der Waals surface area contributed by atoms with Gasteiger partial charge < -0.3 is 24.8 Å². The van der Waals surface area contributed by atoms with Gasteiger partial charge in [-0.15, -0.1) is 0 Å². The number of anilines is 2. The molecule has 3 heterocycles. The first-order valence-electron chi connectivity index (χ1n) is 10.3. The third-order valence-corrected chi connectivity index (χ3v) is 5.91. The Morgan fingerprint density at radius 3 is 2.79 bits per heavy atom. The average Bonchev–Trinajstić information content (AvgIpc) is 3.21. The molecule has 5 rings (SSSR count). The number of imidazole rings is 1. The second-order valence-corrected chi connectivity index (χ2v) is 8.38. The highest BCUT2D eigenvalue weighted by Gasteiger charge is 2.49. The number of amides is 2. The van der Waals surface area contributed by atoms with Gasteiger partial charge >= 0.3 is 0 Å². The van der Waals surface area contributed by atoms with E-state index in [1.54, 1.807) is 49.7 Å². The number of pyridine rings is 1. The van der Waals surface area contributed by atoms with E-state index in [1.165, 1.54) is 6.26 Å². The molecule has 3 aromatic heterocycles. The van der Waals surface area contributed by atoms with Crippen LogP contribution in [0.2, 0.25) is 5.02 Å². The molecule has 0 unspecified atom stereocenters. The number of methoxy groups -OCH3 is 1. The molecule has 168 valence electrons. The Balaban J connectivity index is 1.38. The van der Waals surface area contributed by atoms with Crippen molar-refractivity contribution >= 4 is 46.0 Å². The predicted octanol–water partition coefficient (Wildman–Crippen LogP) is 4.49. The van der Waals surface area contributed by atoms with Gasteiger partial charge in [0.2, 0.25) is 5.91 Å². The van der Waals surface area contributed by atoms with Crippen molar-refractivity contribution in [1.29, 1.82) is 0 Å². The maximum absolute atomic E-state index is 12.6. The number of nitrogens with zero attached hydrogens (tertiary/aromatic N) is 2. The molecule has 1 aromatic carbocycles. The third-order valence-electron chi connectivity index (χ3n) is 5.58. The van der Waals surface area contributed by atoms with Crippen molar-refractivity contribution in [2.24, 2.45) is 5.41 Å². The Hall–Kier alpha value is -3.69. The number of furan rings is 1.